The molecule has 3 nitrogen and oxygen atoms in total. The lowest BCUT2D eigenvalue weighted by molar-refractivity contribution is -0.133. The highest BCUT2D eigenvalue weighted by Crippen LogP contribution is 2.19. The van der Waals surface area contributed by atoms with Gasteiger partial charge in [-0.3, -0.25) is 4.79 Å². The number of nitrogens with zero attached hydrogens (tertiary/aromatic N) is 1. The summed E-state index contributed by atoms with van der Waals surface area (Å²) >= 11 is 0. The quantitative estimate of drug-likeness (QED) is 0.865. The molecule has 0 bridgehead atoms. The molecular formula is C17H26N2O. The summed E-state index contributed by atoms with van der Waals surface area (Å²) in [5.74, 6) is 0.310. The normalized spacial score (nSPS) is 17.3. The van der Waals surface area contributed by atoms with Crippen LogP contribution in [0.4, 0.5) is 0 Å². The Morgan fingerprint density at radius 1 is 1.20 bits per heavy atom. The van der Waals surface area contributed by atoms with Crippen LogP contribution in [-0.2, 0) is 11.2 Å². The molecule has 0 radical (unpaired) electrons. The number of amides is 1. The number of likely N-dealkylation sites (N-methyl/N-ethyl adjacent to an activating group) is 1. The molecule has 1 unspecified atom stereocenters. The Morgan fingerprint density at radius 3 is 2.55 bits per heavy atom. The average Bonchev–Trinajstić information content (AvgIpc) is 2.49. The van der Waals surface area contributed by atoms with Gasteiger partial charge in [-0.1, -0.05) is 38.1 Å². The van der Waals surface area contributed by atoms with Crippen LogP contribution in [0.1, 0.15) is 50.3 Å². The van der Waals surface area contributed by atoms with Crippen LogP contribution in [0, 0.1) is 0 Å². The molecule has 1 aromatic carbocycles. The van der Waals surface area contributed by atoms with Gasteiger partial charge in [-0.05, 0) is 36.9 Å². The van der Waals surface area contributed by atoms with Crippen LogP contribution in [-0.4, -0.2) is 30.4 Å². The highest BCUT2D eigenvalue weighted by Gasteiger charge is 2.22. The number of carbonyl (C=O) groups excluding carboxylic acids is 1. The molecule has 0 aliphatic carbocycles. The van der Waals surface area contributed by atoms with E-state index in [9.17, 15) is 4.79 Å². The molecule has 0 spiro atoms. The van der Waals surface area contributed by atoms with Gasteiger partial charge in [0.05, 0.1) is 0 Å². The summed E-state index contributed by atoms with van der Waals surface area (Å²) in [6, 6.07) is 9.02. The maximum Gasteiger partial charge on any atom is 0.222 e. The first-order valence-corrected chi connectivity index (χ1v) is 7.84. The first-order valence-electron chi connectivity index (χ1n) is 7.84. The molecule has 1 aliphatic heterocycles. The van der Waals surface area contributed by atoms with Crippen LogP contribution in [0.5, 0.6) is 0 Å². The molecule has 0 saturated carbocycles. The lowest BCUT2D eigenvalue weighted by Gasteiger charge is -2.31. The fourth-order valence-electron chi connectivity index (χ4n) is 2.80. The van der Waals surface area contributed by atoms with Crippen molar-refractivity contribution in [2.45, 2.75) is 45.6 Å². The number of hydrogen-bond donors (Lipinski definition) is 1. The number of aryl methyl sites for hydroxylation is 1. The number of piperidine rings is 1. The Morgan fingerprint density at radius 2 is 1.95 bits per heavy atom. The molecule has 1 saturated heterocycles. The fourth-order valence-corrected chi connectivity index (χ4v) is 2.80. The van der Waals surface area contributed by atoms with Crippen LogP contribution >= 0.6 is 0 Å². The second-order valence-electron chi connectivity index (χ2n) is 5.50. The van der Waals surface area contributed by atoms with Crippen molar-refractivity contribution >= 4 is 5.91 Å². The van der Waals surface area contributed by atoms with Gasteiger partial charge in [0, 0.05) is 25.6 Å². The first-order chi connectivity index (χ1) is 9.74. The summed E-state index contributed by atoms with van der Waals surface area (Å²) in [7, 11) is 0. The second-order valence-corrected chi connectivity index (χ2v) is 5.50. The molecule has 0 aromatic heterocycles. The van der Waals surface area contributed by atoms with Gasteiger partial charge in [0.1, 0.15) is 0 Å². The van der Waals surface area contributed by atoms with E-state index >= 15 is 0 Å². The SMILES string of the molecule is CCNC(CN1CCCCC1=O)c1ccc(CC)cc1. The summed E-state index contributed by atoms with van der Waals surface area (Å²) in [4.78, 5) is 14.0. The van der Waals surface area contributed by atoms with E-state index in [-0.39, 0.29) is 6.04 Å². The Kier molecular flexibility index (Phi) is 5.60. The Hall–Kier alpha value is -1.35. The molecule has 1 aliphatic rings. The predicted molar refractivity (Wildman–Crippen MR) is 82.7 cm³/mol. The Labute approximate surface area is 122 Å². The van der Waals surface area contributed by atoms with Crippen molar-refractivity contribution in [2.75, 3.05) is 19.6 Å². The standard InChI is InChI=1S/C17H26N2O/c1-3-14-8-10-15(11-9-14)16(18-4-2)13-19-12-6-5-7-17(19)20/h8-11,16,18H,3-7,12-13H2,1-2H3. The lowest BCUT2D eigenvalue weighted by Crippen LogP contribution is -2.41. The van der Waals surface area contributed by atoms with Crippen LogP contribution in [0.2, 0.25) is 0 Å². The Balaban J connectivity index is 2.06. The number of benzene rings is 1. The topological polar surface area (TPSA) is 32.3 Å². The van der Waals surface area contributed by atoms with E-state index in [0.717, 1.165) is 38.9 Å². The molecule has 110 valence electrons. The van der Waals surface area contributed by atoms with Crippen molar-refractivity contribution < 1.29 is 4.79 Å². The summed E-state index contributed by atoms with van der Waals surface area (Å²) < 4.78 is 0. The maximum absolute atomic E-state index is 12.0. The molecule has 1 atom stereocenters. The van der Waals surface area contributed by atoms with E-state index in [1.807, 2.05) is 4.90 Å². The largest absolute Gasteiger partial charge is 0.341 e. The minimum atomic E-state index is 0.243. The van der Waals surface area contributed by atoms with Gasteiger partial charge in [0.2, 0.25) is 5.91 Å². The van der Waals surface area contributed by atoms with Gasteiger partial charge in [-0.15, -0.1) is 0 Å². The van der Waals surface area contributed by atoms with Gasteiger partial charge < -0.3 is 10.2 Å². The van der Waals surface area contributed by atoms with E-state index in [0.29, 0.717) is 12.3 Å². The molecule has 1 amide bonds. The van der Waals surface area contributed by atoms with Gasteiger partial charge in [-0.2, -0.15) is 0 Å². The summed E-state index contributed by atoms with van der Waals surface area (Å²) in [5, 5.41) is 3.51. The van der Waals surface area contributed by atoms with Crippen molar-refractivity contribution in [1.29, 1.82) is 0 Å². The predicted octanol–water partition coefficient (Wildman–Crippen LogP) is 2.91. The summed E-state index contributed by atoms with van der Waals surface area (Å²) in [5.41, 5.74) is 2.64. The summed E-state index contributed by atoms with van der Waals surface area (Å²) in [6.45, 7) is 6.91. The van der Waals surface area contributed by atoms with Crippen molar-refractivity contribution in [3.05, 3.63) is 35.4 Å². The smallest absolute Gasteiger partial charge is 0.222 e. The third-order valence-electron chi connectivity index (χ3n) is 4.07. The van der Waals surface area contributed by atoms with Crippen molar-refractivity contribution in [3.63, 3.8) is 0 Å². The maximum atomic E-state index is 12.0. The van der Waals surface area contributed by atoms with Gasteiger partial charge >= 0.3 is 0 Å². The van der Waals surface area contributed by atoms with E-state index in [2.05, 4.69) is 43.4 Å². The van der Waals surface area contributed by atoms with Gasteiger partial charge in [0.15, 0.2) is 0 Å². The number of likely N-dealkylation sites (tertiary alicyclic amines) is 1. The van der Waals surface area contributed by atoms with E-state index < -0.39 is 0 Å². The highest BCUT2D eigenvalue weighted by molar-refractivity contribution is 5.76. The zero-order valence-electron chi connectivity index (χ0n) is 12.7. The minimum Gasteiger partial charge on any atom is -0.341 e. The van der Waals surface area contributed by atoms with Crippen molar-refractivity contribution in [1.82, 2.24) is 10.2 Å². The van der Waals surface area contributed by atoms with Gasteiger partial charge in [0.25, 0.3) is 0 Å². The van der Waals surface area contributed by atoms with Crippen LogP contribution in [0.3, 0.4) is 0 Å². The molecule has 20 heavy (non-hydrogen) atoms. The zero-order valence-corrected chi connectivity index (χ0v) is 12.7. The third kappa shape index (κ3) is 3.83. The fraction of sp³-hybridized carbons (Fsp3) is 0.588. The number of hydrogen-bond acceptors (Lipinski definition) is 2. The molecule has 1 fully saturated rings. The van der Waals surface area contributed by atoms with Crippen LogP contribution in [0.25, 0.3) is 0 Å². The summed E-state index contributed by atoms with van der Waals surface area (Å²) in [6.07, 6.45) is 3.97. The third-order valence-corrected chi connectivity index (χ3v) is 4.07. The zero-order chi connectivity index (χ0) is 14.4. The number of rotatable bonds is 6. The van der Waals surface area contributed by atoms with Gasteiger partial charge in [-0.25, -0.2) is 0 Å². The molecule has 1 N–H and O–H groups in total. The molecule has 2 rings (SSSR count). The molecule has 1 heterocycles. The van der Waals surface area contributed by atoms with E-state index in [1.165, 1.54) is 11.1 Å². The van der Waals surface area contributed by atoms with Crippen LogP contribution < -0.4 is 5.32 Å². The number of nitrogens with one attached hydrogen (secondary N) is 1. The highest BCUT2D eigenvalue weighted by atomic mass is 16.2. The first kappa shape index (κ1) is 15.0. The second kappa shape index (κ2) is 7.44. The Bertz CT molecular complexity index is 427. The van der Waals surface area contributed by atoms with E-state index in [1.54, 1.807) is 0 Å². The molecule has 1 aromatic rings. The monoisotopic (exact) mass is 274 g/mol. The van der Waals surface area contributed by atoms with Crippen LogP contribution in [0.15, 0.2) is 24.3 Å². The number of carbonyl (C=O) groups is 1. The lowest BCUT2D eigenvalue weighted by atomic mass is 10.0. The molecule has 3 heteroatoms. The van der Waals surface area contributed by atoms with E-state index in [4.69, 9.17) is 0 Å². The molecular weight excluding hydrogens is 248 g/mol. The van der Waals surface area contributed by atoms with Crippen molar-refractivity contribution in [3.8, 4) is 0 Å². The average molecular weight is 274 g/mol. The van der Waals surface area contributed by atoms with Crippen molar-refractivity contribution in [2.24, 2.45) is 0 Å². The minimum absolute atomic E-state index is 0.243.